The average Bonchev–Trinajstić information content (AvgIpc) is 2.29. The van der Waals surface area contributed by atoms with Crippen LogP contribution in [-0.2, 0) is 16.4 Å². The second-order valence-electron chi connectivity index (χ2n) is 4.63. The van der Waals surface area contributed by atoms with Crippen molar-refractivity contribution in [1.29, 1.82) is 0 Å². The van der Waals surface area contributed by atoms with Crippen molar-refractivity contribution in [3.63, 3.8) is 0 Å². The molecule has 100 valence electrons. The Morgan fingerprint density at radius 1 is 1.50 bits per heavy atom. The fourth-order valence-corrected chi connectivity index (χ4v) is 4.32. The lowest BCUT2D eigenvalue weighted by atomic mass is 10.1. The van der Waals surface area contributed by atoms with E-state index in [4.69, 9.17) is 5.73 Å². The first-order valence-corrected chi connectivity index (χ1v) is 8.50. The molecule has 4 nitrogen and oxygen atoms in total. The second-order valence-corrected chi connectivity index (χ2v) is 7.78. The molecule has 2 rings (SSSR count). The summed E-state index contributed by atoms with van der Waals surface area (Å²) < 4.78 is 24.2. The summed E-state index contributed by atoms with van der Waals surface area (Å²) in [7, 11) is -2.88. The monoisotopic (exact) mass is 332 g/mol. The molecule has 1 aliphatic heterocycles. The van der Waals surface area contributed by atoms with E-state index in [1.165, 1.54) is 0 Å². The van der Waals surface area contributed by atoms with Gasteiger partial charge in [0.1, 0.15) is 0 Å². The van der Waals surface area contributed by atoms with Crippen molar-refractivity contribution in [2.45, 2.75) is 19.5 Å². The summed E-state index contributed by atoms with van der Waals surface area (Å²) in [6, 6.07) is 5.95. The van der Waals surface area contributed by atoms with Crippen molar-refractivity contribution >= 4 is 31.5 Å². The molecule has 1 heterocycles. The Labute approximate surface area is 116 Å². The number of anilines is 1. The molecule has 18 heavy (non-hydrogen) atoms. The number of hydrogen-bond acceptors (Lipinski definition) is 4. The lowest BCUT2D eigenvalue weighted by Gasteiger charge is -2.36. The molecule has 0 bridgehead atoms. The molecular weight excluding hydrogens is 316 g/mol. The third-order valence-corrected chi connectivity index (χ3v) is 5.53. The predicted octanol–water partition coefficient (Wildman–Crippen LogP) is 1.53. The van der Waals surface area contributed by atoms with Crippen LogP contribution in [0.2, 0.25) is 0 Å². The molecule has 0 saturated carbocycles. The molecule has 1 unspecified atom stereocenters. The lowest BCUT2D eigenvalue weighted by Crippen LogP contribution is -2.47. The lowest BCUT2D eigenvalue weighted by molar-refractivity contribution is 0.568. The number of nitrogens with two attached hydrogens (primary N) is 1. The highest BCUT2D eigenvalue weighted by Crippen LogP contribution is 2.28. The molecule has 0 spiro atoms. The molecule has 1 atom stereocenters. The van der Waals surface area contributed by atoms with E-state index in [1.807, 2.05) is 25.1 Å². The molecule has 1 saturated heterocycles. The Morgan fingerprint density at radius 3 is 2.83 bits per heavy atom. The van der Waals surface area contributed by atoms with E-state index in [0.717, 1.165) is 15.7 Å². The quantitative estimate of drug-likeness (QED) is 0.892. The molecular formula is C12H17BrN2O2S. The average molecular weight is 333 g/mol. The van der Waals surface area contributed by atoms with Crippen LogP contribution < -0.4 is 10.6 Å². The Hall–Kier alpha value is -0.590. The van der Waals surface area contributed by atoms with Crippen LogP contribution in [0.4, 0.5) is 5.69 Å². The Bertz CT molecular complexity index is 545. The number of sulfone groups is 1. The second kappa shape index (κ2) is 5.19. The van der Waals surface area contributed by atoms with E-state index < -0.39 is 9.84 Å². The van der Waals surface area contributed by atoms with E-state index in [0.29, 0.717) is 13.1 Å². The van der Waals surface area contributed by atoms with Gasteiger partial charge in [-0.15, -0.1) is 0 Å². The molecule has 0 aromatic heterocycles. The van der Waals surface area contributed by atoms with Crippen molar-refractivity contribution in [1.82, 2.24) is 0 Å². The van der Waals surface area contributed by atoms with Gasteiger partial charge in [0.05, 0.1) is 11.5 Å². The number of halogens is 1. The van der Waals surface area contributed by atoms with Crippen LogP contribution in [0.1, 0.15) is 12.5 Å². The van der Waals surface area contributed by atoms with E-state index in [1.54, 1.807) is 0 Å². The van der Waals surface area contributed by atoms with Crippen LogP contribution in [0.5, 0.6) is 0 Å². The van der Waals surface area contributed by atoms with Gasteiger partial charge in [-0.1, -0.05) is 15.9 Å². The zero-order chi connectivity index (χ0) is 13.3. The van der Waals surface area contributed by atoms with Crippen LogP contribution in [-0.4, -0.2) is 32.5 Å². The Morgan fingerprint density at radius 2 is 2.22 bits per heavy atom. The summed E-state index contributed by atoms with van der Waals surface area (Å²) in [6.07, 6.45) is 0. The van der Waals surface area contributed by atoms with Crippen molar-refractivity contribution in [2.75, 3.05) is 23.0 Å². The first kappa shape index (κ1) is 13.8. The van der Waals surface area contributed by atoms with Crippen molar-refractivity contribution in [3.05, 3.63) is 28.2 Å². The maximum absolute atomic E-state index is 11.6. The summed E-state index contributed by atoms with van der Waals surface area (Å²) in [5, 5.41) is 0. The number of rotatable bonds is 2. The maximum Gasteiger partial charge on any atom is 0.154 e. The van der Waals surface area contributed by atoms with E-state index in [2.05, 4.69) is 20.8 Å². The van der Waals surface area contributed by atoms with Gasteiger partial charge in [0, 0.05) is 29.3 Å². The Kier molecular flexibility index (Phi) is 3.99. The van der Waals surface area contributed by atoms with Gasteiger partial charge in [-0.25, -0.2) is 8.42 Å². The first-order valence-electron chi connectivity index (χ1n) is 5.88. The van der Waals surface area contributed by atoms with Gasteiger partial charge in [0.25, 0.3) is 0 Å². The highest BCUT2D eigenvalue weighted by Gasteiger charge is 2.29. The highest BCUT2D eigenvalue weighted by molar-refractivity contribution is 9.10. The smallest absolute Gasteiger partial charge is 0.154 e. The predicted molar refractivity (Wildman–Crippen MR) is 77.5 cm³/mol. The summed E-state index contributed by atoms with van der Waals surface area (Å²) in [6.45, 7) is 2.93. The third-order valence-electron chi connectivity index (χ3n) is 3.24. The van der Waals surface area contributed by atoms with Gasteiger partial charge < -0.3 is 10.6 Å². The zero-order valence-electron chi connectivity index (χ0n) is 10.3. The fourth-order valence-electron chi connectivity index (χ4n) is 2.35. The topological polar surface area (TPSA) is 63.4 Å². The van der Waals surface area contributed by atoms with Crippen LogP contribution in [0.3, 0.4) is 0 Å². The van der Waals surface area contributed by atoms with Gasteiger partial charge in [0.2, 0.25) is 0 Å². The number of benzene rings is 1. The third kappa shape index (κ3) is 2.87. The molecule has 1 aromatic carbocycles. The first-order chi connectivity index (χ1) is 8.43. The van der Waals surface area contributed by atoms with Crippen LogP contribution in [0.25, 0.3) is 0 Å². The summed E-state index contributed by atoms with van der Waals surface area (Å²) >= 11 is 3.42. The SMILES string of the molecule is CC1CS(=O)(=O)CCN1c1ccc(Br)cc1CN. The number of hydrogen-bond donors (Lipinski definition) is 1. The molecule has 0 aliphatic carbocycles. The maximum atomic E-state index is 11.6. The van der Waals surface area contributed by atoms with E-state index in [-0.39, 0.29) is 17.5 Å². The number of nitrogens with zero attached hydrogens (tertiary/aromatic N) is 1. The van der Waals surface area contributed by atoms with Gasteiger partial charge >= 0.3 is 0 Å². The van der Waals surface area contributed by atoms with Crippen molar-refractivity contribution in [3.8, 4) is 0 Å². The normalized spacial score (nSPS) is 23.1. The zero-order valence-corrected chi connectivity index (χ0v) is 12.7. The largest absolute Gasteiger partial charge is 0.367 e. The van der Waals surface area contributed by atoms with Gasteiger partial charge in [-0.05, 0) is 30.7 Å². The minimum atomic E-state index is -2.88. The fraction of sp³-hybridized carbons (Fsp3) is 0.500. The molecule has 0 radical (unpaired) electrons. The Balaban J connectivity index is 2.32. The van der Waals surface area contributed by atoms with Crippen molar-refractivity contribution in [2.24, 2.45) is 5.73 Å². The van der Waals surface area contributed by atoms with Crippen LogP contribution in [0, 0.1) is 0 Å². The van der Waals surface area contributed by atoms with Crippen molar-refractivity contribution < 1.29 is 8.42 Å². The molecule has 6 heteroatoms. The van der Waals surface area contributed by atoms with Gasteiger partial charge in [-0.3, -0.25) is 0 Å². The van der Waals surface area contributed by atoms with Gasteiger partial charge in [0.15, 0.2) is 9.84 Å². The molecule has 1 aromatic rings. The highest BCUT2D eigenvalue weighted by atomic mass is 79.9. The minimum Gasteiger partial charge on any atom is -0.367 e. The molecule has 1 aliphatic rings. The van der Waals surface area contributed by atoms with Crippen LogP contribution >= 0.6 is 15.9 Å². The van der Waals surface area contributed by atoms with E-state index in [9.17, 15) is 8.42 Å². The molecule has 1 fully saturated rings. The molecule has 2 N–H and O–H groups in total. The summed E-state index contributed by atoms with van der Waals surface area (Å²) in [5.74, 6) is 0.435. The summed E-state index contributed by atoms with van der Waals surface area (Å²) in [5.41, 5.74) is 7.84. The minimum absolute atomic E-state index is 0.00442. The molecule has 0 amide bonds. The van der Waals surface area contributed by atoms with E-state index >= 15 is 0 Å². The van der Waals surface area contributed by atoms with Crippen LogP contribution in [0.15, 0.2) is 22.7 Å². The standard InChI is InChI=1S/C12H17BrN2O2S/c1-9-8-18(16,17)5-4-15(9)12-3-2-11(13)6-10(12)7-14/h2-3,6,9H,4-5,7-8,14H2,1H3. The van der Waals surface area contributed by atoms with Gasteiger partial charge in [-0.2, -0.15) is 0 Å². The summed E-state index contributed by atoms with van der Waals surface area (Å²) in [4.78, 5) is 2.13.